The first kappa shape index (κ1) is 47.0. The molecule has 2 aliphatic rings. The molecular formula is C42H63N5O10. The van der Waals surface area contributed by atoms with E-state index in [-0.39, 0.29) is 50.2 Å². The van der Waals surface area contributed by atoms with Crippen molar-refractivity contribution in [2.24, 2.45) is 11.8 Å². The van der Waals surface area contributed by atoms with E-state index in [1.165, 1.54) is 25.7 Å². The van der Waals surface area contributed by atoms with Crippen molar-refractivity contribution in [3.05, 3.63) is 35.9 Å². The van der Waals surface area contributed by atoms with E-state index in [4.69, 9.17) is 25.4 Å². The van der Waals surface area contributed by atoms with Gasteiger partial charge >= 0.3 is 5.97 Å². The van der Waals surface area contributed by atoms with Gasteiger partial charge in [0.1, 0.15) is 30.3 Å². The van der Waals surface area contributed by atoms with Crippen LogP contribution in [0.1, 0.15) is 80.2 Å². The Morgan fingerprint density at radius 1 is 0.912 bits per heavy atom. The highest BCUT2D eigenvalue weighted by atomic mass is 16.6. The van der Waals surface area contributed by atoms with E-state index < -0.39 is 71.7 Å². The number of Topliss-reactive ketones (excluding diaryl/α,β-unsaturated/α-hetero) is 1. The van der Waals surface area contributed by atoms with E-state index in [0.717, 1.165) is 5.56 Å². The molecule has 2 fully saturated rings. The first-order chi connectivity index (χ1) is 26.9. The summed E-state index contributed by atoms with van der Waals surface area (Å²) in [6.07, 6.45) is 6.44. The number of hydrogen-bond donors (Lipinski definition) is 3. The monoisotopic (exact) mass is 797 g/mol. The Labute approximate surface area is 337 Å². The van der Waals surface area contributed by atoms with Crippen LogP contribution in [-0.4, -0.2) is 133 Å². The van der Waals surface area contributed by atoms with Crippen molar-refractivity contribution >= 4 is 35.4 Å². The van der Waals surface area contributed by atoms with Crippen LogP contribution in [0.15, 0.2) is 30.3 Å². The number of epoxide rings is 1. The largest absolute Gasteiger partial charge is 0.442 e. The maximum Gasteiger partial charge on any atom is 0.339 e. The van der Waals surface area contributed by atoms with E-state index >= 15 is 0 Å². The summed E-state index contributed by atoms with van der Waals surface area (Å²) in [6.45, 7) is 15.2. The van der Waals surface area contributed by atoms with Crippen molar-refractivity contribution in [3.8, 4) is 12.3 Å². The van der Waals surface area contributed by atoms with Gasteiger partial charge in [-0.3, -0.25) is 33.8 Å². The smallest absolute Gasteiger partial charge is 0.339 e. The first-order valence-electron chi connectivity index (χ1n) is 19.8. The lowest BCUT2D eigenvalue weighted by Crippen LogP contribution is -2.59. The number of carbonyl (C=O) groups excluding carboxylic acids is 6. The molecule has 1 aromatic carbocycles. The second-order valence-corrected chi connectivity index (χ2v) is 16.4. The highest BCUT2D eigenvalue weighted by Gasteiger charge is 2.50. The van der Waals surface area contributed by atoms with Gasteiger partial charge in [-0.1, -0.05) is 63.9 Å². The maximum atomic E-state index is 14.5. The molecule has 1 unspecified atom stereocenters. The third-order valence-electron chi connectivity index (χ3n) is 9.88. The second-order valence-electron chi connectivity index (χ2n) is 16.4. The number of ketones is 1. The first-order valence-corrected chi connectivity index (χ1v) is 19.8. The Morgan fingerprint density at radius 2 is 1.51 bits per heavy atom. The third kappa shape index (κ3) is 15.2. The number of benzene rings is 1. The zero-order chi connectivity index (χ0) is 42.3. The highest BCUT2D eigenvalue weighted by Crippen LogP contribution is 2.29. The molecule has 316 valence electrons. The van der Waals surface area contributed by atoms with Gasteiger partial charge < -0.3 is 34.9 Å². The van der Waals surface area contributed by atoms with Gasteiger partial charge in [0.15, 0.2) is 18.1 Å². The van der Waals surface area contributed by atoms with Gasteiger partial charge in [0, 0.05) is 13.1 Å². The average molecular weight is 798 g/mol. The van der Waals surface area contributed by atoms with Crippen LogP contribution in [0.25, 0.3) is 0 Å². The lowest BCUT2D eigenvalue weighted by Gasteiger charge is -2.35. The Hall–Kier alpha value is -4.36. The predicted molar refractivity (Wildman–Crippen MR) is 212 cm³/mol. The van der Waals surface area contributed by atoms with Crippen LogP contribution in [0.5, 0.6) is 0 Å². The van der Waals surface area contributed by atoms with Crippen LogP contribution in [0.4, 0.5) is 0 Å². The van der Waals surface area contributed by atoms with Crippen molar-refractivity contribution in [2.45, 2.75) is 116 Å². The molecule has 0 saturated carbocycles. The molecule has 0 spiro atoms. The summed E-state index contributed by atoms with van der Waals surface area (Å²) in [5.74, 6) is -0.934. The zero-order valence-corrected chi connectivity index (χ0v) is 34.9. The van der Waals surface area contributed by atoms with Crippen molar-refractivity contribution in [3.63, 3.8) is 0 Å². The molecule has 3 N–H and O–H groups in total. The van der Waals surface area contributed by atoms with Crippen LogP contribution in [0.3, 0.4) is 0 Å². The number of amides is 4. The molecule has 4 amide bonds. The Morgan fingerprint density at radius 3 is 2.09 bits per heavy atom. The van der Waals surface area contributed by atoms with Gasteiger partial charge in [-0.05, 0) is 70.8 Å². The van der Waals surface area contributed by atoms with Crippen LogP contribution >= 0.6 is 0 Å². The van der Waals surface area contributed by atoms with E-state index in [2.05, 4.69) is 21.9 Å². The molecule has 0 aromatic heterocycles. The molecule has 15 nitrogen and oxygen atoms in total. The molecule has 0 radical (unpaired) electrons. The van der Waals surface area contributed by atoms with E-state index in [1.807, 2.05) is 62.9 Å². The average Bonchev–Trinajstić information content (AvgIpc) is 3.92. The highest BCUT2D eigenvalue weighted by molar-refractivity contribution is 5.98. The van der Waals surface area contributed by atoms with Crippen molar-refractivity contribution in [1.82, 2.24) is 25.8 Å². The number of esters is 1. The Bertz CT molecular complexity index is 1570. The van der Waals surface area contributed by atoms with Crippen LogP contribution < -0.4 is 16.0 Å². The van der Waals surface area contributed by atoms with E-state index in [9.17, 15) is 28.8 Å². The molecular weight excluding hydrogens is 734 g/mol. The molecule has 5 atom stereocenters. The van der Waals surface area contributed by atoms with Crippen molar-refractivity contribution in [2.75, 3.05) is 52.8 Å². The summed E-state index contributed by atoms with van der Waals surface area (Å²) >= 11 is 0. The summed E-state index contributed by atoms with van der Waals surface area (Å²) in [4.78, 5) is 85.4. The van der Waals surface area contributed by atoms with Crippen molar-refractivity contribution in [1.29, 1.82) is 0 Å². The van der Waals surface area contributed by atoms with E-state index in [0.29, 0.717) is 39.1 Å². The summed E-state index contributed by atoms with van der Waals surface area (Å²) < 4.78 is 21.9. The molecule has 3 rings (SSSR count). The number of rotatable bonds is 23. The summed E-state index contributed by atoms with van der Waals surface area (Å²) in [6, 6.07) is 5.27. The maximum absolute atomic E-state index is 14.5. The number of carbonyl (C=O) groups is 6. The lowest BCUT2D eigenvalue weighted by atomic mass is 9.93. The fraction of sp³-hybridized carbons (Fsp3) is 0.667. The zero-order valence-electron chi connectivity index (χ0n) is 34.9. The number of morpholine rings is 1. The predicted octanol–water partition coefficient (Wildman–Crippen LogP) is 2.00. The van der Waals surface area contributed by atoms with Crippen LogP contribution in [0, 0.1) is 24.2 Å². The van der Waals surface area contributed by atoms with Crippen LogP contribution in [-0.2, 0) is 54.1 Å². The van der Waals surface area contributed by atoms with E-state index in [1.54, 1.807) is 6.92 Å². The molecule has 2 heterocycles. The fourth-order valence-electron chi connectivity index (χ4n) is 6.31. The minimum atomic E-state index is -1.44. The normalized spacial score (nSPS) is 19.0. The minimum Gasteiger partial charge on any atom is -0.442 e. The molecule has 0 bridgehead atoms. The Kier molecular flexibility index (Phi) is 18.1. The number of nitrogens with one attached hydrogen (secondary N) is 3. The summed E-state index contributed by atoms with van der Waals surface area (Å²) in [5.41, 5.74) is -1.48. The third-order valence-corrected chi connectivity index (χ3v) is 9.88. The minimum absolute atomic E-state index is 0.0643. The number of terminal acetylenes is 1. The molecule has 2 saturated heterocycles. The summed E-state index contributed by atoms with van der Waals surface area (Å²) in [7, 11) is 0. The van der Waals surface area contributed by atoms with Crippen molar-refractivity contribution < 1.29 is 47.7 Å². The van der Waals surface area contributed by atoms with Gasteiger partial charge in [-0.15, -0.1) is 6.42 Å². The molecule has 2 aliphatic heterocycles. The second kappa shape index (κ2) is 22.0. The topological polar surface area (TPSA) is 185 Å². The fourth-order valence-corrected chi connectivity index (χ4v) is 6.31. The SMILES string of the molecule is C#CCOC(C)(C)C(=O)OCN(C(=O)CN1CCOCC1)[C@@H](CCc1ccccc1)C(=O)N[C@@H](CC(C)C)C(=O)N[C@@H](C)C(=O)NC(CC(C)C)C(=O)[C@@]1(C)CO1. The lowest BCUT2D eigenvalue weighted by molar-refractivity contribution is -0.175. The molecule has 57 heavy (non-hydrogen) atoms. The quantitative estimate of drug-likeness (QED) is 0.0637. The van der Waals surface area contributed by atoms with Gasteiger partial charge in [0.2, 0.25) is 23.6 Å². The number of hydrogen-bond acceptors (Lipinski definition) is 11. The Balaban J connectivity index is 1.88. The standard InChI is InChI=1S/C42H63N5O10/c1-10-20-56-41(7,8)40(53)55-27-47(35(48)25-46-18-21-54-22-19-46)34(17-16-31-14-12-11-13-15-31)39(52)45-33(24-29(4)5)38(51)43-30(6)37(50)44-32(23-28(2)3)36(49)42(9)26-57-42/h1,11-15,28-30,32-34H,16-27H2,2-9H3,(H,43,51)(H,44,50)(H,45,52)/t30-,32?,33-,34-,42+/m0/s1. The molecule has 1 aromatic rings. The number of nitrogens with zero attached hydrogens (tertiary/aromatic N) is 2. The van der Waals surface area contributed by atoms with Gasteiger partial charge in [0.05, 0.1) is 32.4 Å². The van der Waals surface area contributed by atoms with Gasteiger partial charge in [-0.25, -0.2) is 4.79 Å². The summed E-state index contributed by atoms with van der Waals surface area (Å²) in [5, 5.41) is 8.36. The van der Waals surface area contributed by atoms with Gasteiger partial charge in [0.25, 0.3) is 0 Å². The number of ether oxygens (including phenoxy) is 4. The van der Waals surface area contributed by atoms with Crippen LogP contribution in [0.2, 0.25) is 0 Å². The van der Waals surface area contributed by atoms with Gasteiger partial charge in [-0.2, -0.15) is 0 Å². The number of aryl methyl sites for hydroxylation is 1. The molecule has 0 aliphatic carbocycles. The molecule has 15 heteroatoms.